The maximum Gasteiger partial charge on any atom is 0.311 e. The van der Waals surface area contributed by atoms with Gasteiger partial charge in [0.2, 0.25) is 0 Å². The number of rotatable bonds is 6. The Kier molecular flexibility index (Phi) is 7.41. The molecule has 1 aromatic rings. The fraction of sp³-hybridized carbons (Fsp3) is 0.793. The second-order valence-corrected chi connectivity index (χ2v) is 15.1. The van der Waals surface area contributed by atoms with Gasteiger partial charge in [0.25, 0.3) is 10.1 Å². The average molecular weight is 520 g/mol. The Balaban J connectivity index is 1.67. The van der Waals surface area contributed by atoms with Gasteiger partial charge in [0, 0.05) is 17.3 Å². The molecular weight excluding hydrogens is 474 g/mol. The van der Waals surface area contributed by atoms with E-state index in [0.717, 1.165) is 44.8 Å². The summed E-state index contributed by atoms with van der Waals surface area (Å²) in [5, 5.41) is 0. The Labute approximate surface area is 218 Å². The van der Waals surface area contributed by atoms with E-state index in [1.165, 1.54) is 11.3 Å². The van der Waals surface area contributed by atoms with E-state index in [1.807, 2.05) is 33.0 Å². The number of carbonyl (C=O) groups is 1. The first-order valence-electron chi connectivity index (χ1n) is 13.6. The third-order valence-electron chi connectivity index (χ3n) is 9.84. The van der Waals surface area contributed by atoms with Gasteiger partial charge in [-0.05, 0) is 99.5 Å². The lowest BCUT2D eigenvalue weighted by molar-refractivity contribution is -0.159. The van der Waals surface area contributed by atoms with Crippen LogP contribution in [0.3, 0.4) is 0 Å². The molecule has 6 nitrogen and oxygen atoms in total. The molecule has 2 fully saturated rings. The van der Waals surface area contributed by atoms with E-state index in [0.29, 0.717) is 12.5 Å². The lowest BCUT2D eigenvalue weighted by Gasteiger charge is -2.56. The van der Waals surface area contributed by atoms with E-state index in [9.17, 15) is 13.2 Å². The number of aromatic nitrogens is 1. The Bertz CT molecular complexity index is 1080. The molecule has 7 atom stereocenters. The van der Waals surface area contributed by atoms with Gasteiger partial charge in [-0.1, -0.05) is 33.3 Å². The number of esters is 1. The Hall–Kier alpha value is -1.47. The Morgan fingerprint density at radius 1 is 1.14 bits per heavy atom. The molecule has 202 valence electrons. The minimum absolute atomic E-state index is 0.0558. The third kappa shape index (κ3) is 5.24. The summed E-state index contributed by atoms with van der Waals surface area (Å²) < 4.78 is 35.7. The molecule has 3 aliphatic rings. The highest BCUT2D eigenvalue weighted by Crippen LogP contribution is 2.61. The van der Waals surface area contributed by atoms with Crippen molar-refractivity contribution in [3.05, 3.63) is 29.6 Å². The highest BCUT2D eigenvalue weighted by atomic mass is 32.2. The lowest BCUT2D eigenvalue weighted by Crippen LogP contribution is -2.53. The normalized spacial score (nSPS) is 36.7. The lowest BCUT2D eigenvalue weighted by atomic mass is 9.49. The van der Waals surface area contributed by atoms with Crippen LogP contribution in [-0.2, 0) is 35.7 Å². The molecule has 3 aliphatic carbocycles. The van der Waals surface area contributed by atoms with Crippen LogP contribution in [0, 0.1) is 40.4 Å². The molecule has 0 amide bonds. The van der Waals surface area contributed by atoms with Crippen LogP contribution in [0.5, 0.6) is 0 Å². The van der Waals surface area contributed by atoms with Crippen molar-refractivity contribution in [3.8, 4) is 0 Å². The third-order valence-corrected chi connectivity index (χ3v) is 10.4. The summed E-state index contributed by atoms with van der Waals surface area (Å²) in [5.74, 6) is 1.32. The minimum atomic E-state index is -3.56. The number of hydrogen-bond acceptors (Lipinski definition) is 6. The van der Waals surface area contributed by atoms with Crippen molar-refractivity contribution < 1.29 is 22.1 Å². The molecule has 7 heteroatoms. The number of nitrogens with zero attached hydrogens (tertiary/aromatic N) is 1. The van der Waals surface area contributed by atoms with Crippen molar-refractivity contribution in [3.63, 3.8) is 0 Å². The molecule has 1 heterocycles. The van der Waals surface area contributed by atoms with Crippen LogP contribution in [0.25, 0.3) is 0 Å². The zero-order chi connectivity index (χ0) is 26.5. The second kappa shape index (κ2) is 9.68. The highest BCUT2D eigenvalue weighted by Gasteiger charge is 2.58. The largest absolute Gasteiger partial charge is 0.465 e. The van der Waals surface area contributed by atoms with E-state index >= 15 is 0 Å². The monoisotopic (exact) mass is 519 g/mol. The van der Waals surface area contributed by atoms with Gasteiger partial charge in [-0.15, -0.1) is 0 Å². The summed E-state index contributed by atoms with van der Waals surface area (Å²) in [6, 6.07) is 4.18. The van der Waals surface area contributed by atoms with Gasteiger partial charge in [-0.3, -0.25) is 14.0 Å². The fourth-order valence-corrected chi connectivity index (χ4v) is 8.06. The van der Waals surface area contributed by atoms with Crippen LogP contribution in [0.1, 0.15) is 84.9 Å². The quantitative estimate of drug-likeness (QED) is 0.362. The van der Waals surface area contributed by atoms with Crippen LogP contribution in [0.2, 0.25) is 0 Å². The SMILES string of the molecule is C[C@H]1CC[C@](C)([C@H]2CC[C@]3(C)c4ncccc4C[C@H]3[C@@H]2COS(C)(=O)=O)[C@@H](COC(=O)C(C)(C)C)C1. The first-order valence-corrected chi connectivity index (χ1v) is 15.4. The van der Waals surface area contributed by atoms with Crippen molar-refractivity contribution in [2.24, 2.45) is 40.4 Å². The van der Waals surface area contributed by atoms with Crippen LogP contribution in [-0.4, -0.2) is 38.8 Å². The molecular formula is C29H45NO5S. The standard InChI is InChI=1S/C29H45NO5S/c1-19-10-12-28(5,21(15-19)17-34-26(31)27(2,3)4)23-11-13-29(6)24(22(23)18-35-36(7,32)33)16-20-9-8-14-30-25(20)29/h8-9,14,19,21-24H,10-13,15-18H2,1-7H3/t19-,21+,22+,23-,24-,28-,29-/m0/s1. The summed E-state index contributed by atoms with van der Waals surface area (Å²) in [5.41, 5.74) is 1.80. The van der Waals surface area contributed by atoms with Gasteiger partial charge in [0.05, 0.1) is 24.9 Å². The summed E-state index contributed by atoms with van der Waals surface area (Å²) in [6.45, 7) is 13.3. The molecule has 0 bridgehead atoms. The van der Waals surface area contributed by atoms with Gasteiger partial charge in [-0.2, -0.15) is 8.42 Å². The van der Waals surface area contributed by atoms with E-state index in [4.69, 9.17) is 13.9 Å². The van der Waals surface area contributed by atoms with E-state index in [-0.39, 0.29) is 47.1 Å². The molecule has 0 unspecified atom stereocenters. The van der Waals surface area contributed by atoms with Crippen LogP contribution >= 0.6 is 0 Å². The zero-order valence-corrected chi connectivity index (χ0v) is 24.0. The summed E-state index contributed by atoms with van der Waals surface area (Å²) in [6.07, 6.45) is 9.17. The van der Waals surface area contributed by atoms with Crippen LogP contribution in [0.4, 0.5) is 0 Å². The van der Waals surface area contributed by atoms with Gasteiger partial charge < -0.3 is 4.74 Å². The highest BCUT2D eigenvalue weighted by molar-refractivity contribution is 7.85. The maximum absolute atomic E-state index is 12.7. The number of fused-ring (bicyclic) bond motifs is 3. The number of hydrogen-bond donors (Lipinski definition) is 0. The number of carbonyl (C=O) groups excluding carboxylic acids is 1. The van der Waals surface area contributed by atoms with Crippen molar-refractivity contribution in [1.82, 2.24) is 4.98 Å². The molecule has 0 aromatic carbocycles. The van der Waals surface area contributed by atoms with Gasteiger partial charge >= 0.3 is 5.97 Å². The minimum Gasteiger partial charge on any atom is -0.465 e. The molecule has 0 radical (unpaired) electrons. The first-order chi connectivity index (χ1) is 16.6. The zero-order valence-electron chi connectivity index (χ0n) is 23.2. The van der Waals surface area contributed by atoms with Crippen molar-refractivity contribution in [2.45, 2.75) is 85.5 Å². The van der Waals surface area contributed by atoms with E-state index < -0.39 is 15.5 Å². The smallest absolute Gasteiger partial charge is 0.311 e. The van der Waals surface area contributed by atoms with Gasteiger partial charge in [0.15, 0.2) is 0 Å². The van der Waals surface area contributed by atoms with E-state index in [2.05, 4.69) is 26.8 Å². The van der Waals surface area contributed by atoms with Crippen LogP contribution < -0.4 is 0 Å². The summed E-state index contributed by atoms with van der Waals surface area (Å²) in [7, 11) is -3.56. The Morgan fingerprint density at radius 3 is 2.53 bits per heavy atom. The van der Waals surface area contributed by atoms with Gasteiger partial charge in [0.1, 0.15) is 0 Å². The van der Waals surface area contributed by atoms with Crippen molar-refractivity contribution in [1.29, 1.82) is 0 Å². The van der Waals surface area contributed by atoms with E-state index in [1.54, 1.807) is 0 Å². The summed E-state index contributed by atoms with van der Waals surface area (Å²) >= 11 is 0. The molecule has 0 saturated heterocycles. The first kappa shape index (κ1) is 27.6. The predicted octanol–water partition coefficient (Wildman–Crippen LogP) is 5.55. The number of pyridine rings is 1. The topological polar surface area (TPSA) is 82.6 Å². The van der Waals surface area contributed by atoms with Crippen molar-refractivity contribution >= 4 is 16.1 Å². The second-order valence-electron chi connectivity index (χ2n) is 13.5. The van der Waals surface area contributed by atoms with Crippen molar-refractivity contribution in [2.75, 3.05) is 19.5 Å². The fourth-order valence-electron chi connectivity index (χ4n) is 7.66. The molecule has 1 aromatic heterocycles. The summed E-state index contributed by atoms with van der Waals surface area (Å²) in [4.78, 5) is 17.4. The predicted molar refractivity (Wildman–Crippen MR) is 141 cm³/mol. The molecule has 36 heavy (non-hydrogen) atoms. The molecule has 0 aliphatic heterocycles. The van der Waals surface area contributed by atoms with Crippen LogP contribution in [0.15, 0.2) is 18.3 Å². The number of ether oxygens (including phenoxy) is 1. The molecule has 2 saturated carbocycles. The molecule has 4 rings (SSSR count). The maximum atomic E-state index is 12.7. The average Bonchev–Trinajstić information content (AvgIpc) is 3.09. The van der Waals surface area contributed by atoms with Gasteiger partial charge in [-0.25, -0.2) is 0 Å². The Morgan fingerprint density at radius 2 is 1.86 bits per heavy atom. The molecule has 0 spiro atoms. The molecule has 0 N–H and O–H groups in total.